The summed E-state index contributed by atoms with van der Waals surface area (Å²) in [4.78, 5) is 24.8. The highest BCUT2D eigenvalue weighted by Crippen LogP contribution is 2.28. The van der Waals surface area contributed by atoms with Gasteiger partial charge in [0.25, 0.3) is 0 Å². The van der Waals surface area contributed by atoms with Gasteiger partial charge in [0.05, 0.1) is 12.1 Å². The van der Waals surface area contributed by atoms with Crippen molar-refractivity contribution < 1.29 is 9.59 Å². The number of hydrogen-bond acceptors (Lipinski definition) is 4. The lowest BCUT2D eigenvalue weighted by Gasteiger charge is -2.26. The Morgan fingerprint density at radius 1 is 1.53 bits per heavy atom. The number of carbonyl (C=O) groups is 2. The van der Waals surface area contributed by atoms with Crippen molar-refractivity contribution >= 4 is 11.9 Å². The first-order valence-electron chi connectivity index (χ1n) is 5.75. The average Bonchev–Trinajstić information content (AvgIpc) is 3.13. The SMILES string of the molecule is CNC(=O)NC(=O)C(C)N(CCC#N)C1CC1. The lowest BCUT2D eigenvalue weighted by Crippen LogP contribution is -2.50. The van der Waals surface area contributed by atoms with Gasteiger partial charge in [-0.1, -0.05) is 0 Å². The summed E-state index contributed by atoms with van der Waals surface area (Å²) in [5.74, 6) is -0.325. The second-order valence-corrected chi connectivity index (χ2v) is 4.12. The van der Waals surface area contributed by atoms with Crippen molar-refractivity contribution in [2.45, 2.75) is 38.3 Å². The van der Waals surface area contributed by atoms with Crippen LogP contribution in [-0.2, 0) is 4.79 Å². The number of rotatable bonds is 5. The molecule has 1 rings (SSSR count). The number of amides is 3. The van der Waals surface area contributed by atoms with E-state index in [0.717, 1.165) is 12.8 Å². The van der Waals surface area contributed by atoms with Crippen molar-refractivity contribution in [3.05, 3.63) is 0 Å². The van der Waals surface area contributed by atoms with Crippen LogP contribution in [0, 0.1) is 11.3 Å². The van der Waals surface area contributed by atoms with Crippen molar-refractivity contribution in [2.24, 2.45) is 0 Å². The summed E-state index contributed by atoms with van der Waals surface area (Å²) in [6, 6.07) is 1.57. The number of nitrogens with one attached hydrogen (secondary N) is 2. The van der Waals surface area contributed by atoms with E-state index in [2.05, 4.69) is 16.7 Å². The maximum Gasteiger partial charge on any atom is 0.321 e. The zero-order chi connectivity index (χ0) is 12.8. The number of carbonyl (C=O) groups excluding carboxylic acids is 2. The van der Waals surface area contributed by atoms with E-state index in [4.69, 9.17) is 5.26 Å². The van der Waals surface area contributed by atoms with Gasteiger partial charge in [0.15, 0.2) is 0 Å². The van der Waals surface area contributed by atoms with Gasteiger partial charge in [-0.25, -0.2) is 4.79 Å². The minimum absolute atomic E-state index is 0.325. The van der Waals surface area contributed by atoms with Crippen molar-refractivity contribution in [3.63, 3.8) is 0 Å². The van der Waals surface area contributed by atoms with E-state index < -0.39 is 6.03 Å². The van der Waals surface area contributed by atoms with Crippen LogP contribution in [0.2, 0.25) is 0 Å². The summed E-state index contributed by atoms with van der Waals surface area (Å²) in [6.45, 7) is 2.33. The third kappa shape index (κ3) is 4.04. The first kappa shape index (κ1) is 13.5. The van der Waals surface area contributed by atoms with Crippen LogP contribution in [0.1, 0.15) is 26.2 Å². The molecule has 0 spiro atoms. The van der Waals surface area contributed by atoms with Crippen LogP contribution in [0.5, 0.6) is 0 Å². The van der Waals surface area contributed by atoms with Gasteiger partial charge >= 0.3 is 6.03 Å². The van der Waals surface area contributed by atoms with Gasteiger partial charge in [0, 0.05) is 26.1 Å². The Hall–Kier alpha value is -1.61. The number of nitrogens with zero attached hydrogens (tertiary/aromatic N) is 2. The largest absolute Gasteiger partial charge is 0.341 e. The van der Waals surface area contributed by atoms with Crippen molar-refractivity contribution in [3.8, 4) is 6.07 Å². The highest BCUT2D eigenvalue weighted by atomic mass is 16.2. The quantitative estimate of drug-likeness (QED) is 0.717. The zero-order valence-electron chi connectivity index (χ0n) is 10.2. The van der Waals surface area contributed by atoms with Crippen molar-refractivity contribution in [2.75, 3.05) is 13.6 Å². The fraction of sp³-hybridized carbons (Fsp3) is 0.727. The summed E-state index contributed by atoms with van der Waals surface area (Å²) in [5.41, 5.74) is 0. The molecule has 6 heteroatoms. The Morgan fingerprint density at radius 3 is 2.65 bits per heavy atom. The van der Waals surface area contributed by atoms with Crippen molar-refractivity contribution in [1.29, 1.82) is 5.26 Å². The highest BCUT2D eigenvalue weighted by Gasteiger charge is 2.34. The second-order valence-electron chi connectivity index (χ2n) is 4.12. The normalized spacial score (nSPS) is 16.1. The maximum atomic E-state index is 11.8. The Kier molecular flexibility index (Phi) is 4.91. The van der Waals surface area contributed by atoms with E-state index in [9.17, 15) is 9.59 Å². The van der Waals surface area contributed by atoms with Gasteiger partial charge in [-0.2, -0.15) is 5.26 Å². The van der Waals surface area contributed by atoms with Gasteiger partial charge in [-0.3, -0.25) is 15.0 Å². The molecule has 0 heterocycles. The first-order chi connectivity index (χ1) is 8.10. The fourth-order valence-corrected chi connectivity index (χ4v) is 1.71. The van der Waals surface area contributed by atoms with Crippen LogP contribution in [-0.4, -0.2) is 42.5 Å². The monoisotopic (exact) mass is 238 g/mol. The highest BCUT2D eigenvalue weighted by molar-refractivity contribution is 5.96. The third-order valence-corrected chi connectivity index (χ3v) is 2.84. The summed E-state index contributed by atoms with van der Waals surface area (Å²) in [7, 11) is 1.46. The van der Waals surface area contributed by atoms with E-state index >= 15 is 0 Å². The standard InChI is InChI=1S/C11H18N4O2/c1-8(10(16)14-11(17)13-2)15(7-3-6-12)9-4-5-9/h8-9H,3-5,7H2,1-2H3,(H2,13,14,16,17). The Morgan fingerprint density at radius 2 is 2.18 bits per heavy atom. The van der Waals surface area contributed by atoms with Crippen LogP contribution in [0.3, 0.4) is 0 Å². The molecule has 2 N–H and O–H groups in total. The molecule has 1 unspecified atom stereocenters. The van der Waals surface area contributed by atoms with Gasteiger partial charge in [0.1, 0.15) is 0 Å². The smallest absolute Gasteiger partial charge is 0.321 e. The minimum atomic E-state index is -0.502. The molecule has 94 valence electrons. The van der Waals surface area contributed by atoms with Crippen LogP contribution in [0.15, 0.2) is 0 Å². The molecule has 6 nitrogen and oxygen atoms in total. The molecule has 0 aromatic rings. The molecule has 1 fully saturated rings. The Labute approximate surface area is 101 Å². The second kappa shape index (κ2) is 6.21. The molecule has 1 atom stereocenters. The predicted octanol–water partition coefficient (Wildman–Crippen LogP) is 0.209. The van der Waals surface area contributed by atoms with Gasteiger partial charge < -0.3 is 5.32 Å². The summed E-state index contributed by atoms with van der Waals surface area (Å²) < 4.78 is 0. The van der Waals surface area contributed by atoms with Gasteiger partial charge in [-0.15, -0.1) is 0 Å². The topological polar surface area (TPSA) is 85.2 Å². The van der Waals surface area contributed by atoms with Crippen LogP contribution >= 0.6 is 0 Å². The van der Waals surface area contributed by atoms with E-state index in [0.29, 0.717) is 19.0 Å². The average molecular weight is 238 g/mol. The fourth-order valence-electron chi connectivity index (χ4n) is 1.71. The Bertz CT molecular complexity index is 333. The van der Waals surface area contributed by atoms with Crippen LogP contribution in [0.4, 0.5) is 4.79 Å². The first-order valence-corrected chi connectivity index (χ1v) is 5.75. The summed E-state index contributed by atoms with van der Waals surface area (Å²) in [5, 5.41) is 13.2. The molecule has 0 bridgehead atoms. The molecule has 0 aromatic heterocycles. The number of imide groups is 1. The zero-order valence-corrected chi connectivity index (χ0v) is 10.2. The van der Waals surface area contributed by atoms with Crippen LogP contribution in [0.25, 0.3) is 0 Å². The molecule has 1 aliphatic rings. The molecule has 0 aromatic carbocycles. The molecule has 0 radical (unpaired) electrons. The molecule has 3 amide bonds. The van der Waals surface area contributed by atoms with E-state index in [1.165, 1.54) is 7.05 Å². The lowest BCUT2D eigenvalue weighted by atomic mass is 10.2. The third-order valence-electron chi connectivity index (χ3n) is 2.84. The Balaban J connectivity index is 2.51. The molecular weight excluding hydrogens is 220 g/mol. The molecule has 17 heavy (non-hydrogen) atoms. The van der Waals surface area contributed by atoms with Crippen molar-refractivity contribution in [1.82, 2.24) is 15.5 Å². The van der Waals surface area contributed by atoms with Gasteiger partial charge in [0.2, 0.25) is 5.91 Å². The molecule has 1 aliphatic carbocycles. The number of urea groups is 1. The maximum absolute atomic E-state index is 11.8. The predicted molar refractivity (Wildman–Crippen MR) is 62.0 cm³/mol. The molecular formula is C11H18N4O2. The number of nitriles is 1. The van der Waals surface area contributed by atoms with E-state index in [1.807, 2.05) is 4.90 Å². The van der Waals surface area contributed by atoms with E-state index in [1.54, 1.807) is 6.92 Å². The van der Waals surface area contributed by atoms with E-state index in [-0.39, 0.29) is 11.9 Å². The van der Waals surface area contributed by atoms with Crippen LogP contribution < -0.4 is 10.6 Å². The summed E-state index contributed by atoms with van der Waals surface area (Å²) in [6.07, 6.45) is 2.51. The molecule has 0 saturated heterocycles. The molecule has 1 saturated carbocycles. The molecule has 0 aliphatic heterocycles. The van der Waals surface area contributed by atoms with Gasteiger partial charge in [-0.05, 0) is 19.8 Å². The number of hydrogen-bond donors (Lipinski definition) is 2. The minimum Gasteiger partial charge on any atom is -0.341 e. The lowest BCUT2D eigenvalue weighted by molar-refractivity contribution is -0.125. The summed E-state index contributed by atoms with van der Waals surface area (Å²) >= 11 is 0.